The summed E-state index contributed by atoms with van der Waals surface area (Å²) in [6.07, 6.45) is 2.65. The smallest absolute Gasteiger partial charge is 0.262 e. The maximum absolute atomic E-state index is 12.8. The first-order valence-corrected chi connectivity index (χ1v) is 11.9. The molecule has 3 aromatic rings. The second-order valence-corrected chi connectivity index (χ2v) is 9.32. The summed E-state index contributed by atoms with van der Waals surface area (Å²) in [6.45, 7) is 3.98. The SMILES string of the molecule is COc1nc(Nc2ccc(OC3CCN(C)C3)c(C)c2)ncc1C(=O)Nc1c(Cl)cccc1Br. The van der Waals surface area contributed by atoms with Crippen molar-refractivity contribution in [2.45, 2.75) is 19.4 Å². The van der Waals surface area contributed by atoms with Gasteiger partial charge in [0.1, 0.15) is 17.4 Å². The Bertz CT molecular complexity index is 1190. The molecule has 1 fully saturated rings. The molecule has 1 aromatic heterocycles. The molecule has 8 nitrogen and oxygen atoms in total. The molecule has 0 bridgehead atoms. The van der Waals surface area contributed by atoms with E-state index in [2.05, 4.69) is 48.5 Å². The molecule has 1 atom stereocenters. The van der Waals surface area contributed by atoms with Gasteiger partial charge in [-0.15, -0.1) is 0 Å². The molecule has 0 saturated carbocycles. The van der Waals surface area contributed by atoms with Crippen LogP contribution in [-0.4, -0.2) is 54.1 Å². The van der Waals surface area contributed by atoms with Crippen molar-refractivity contribution in [1.29, 1.82) is 0 Å². The van der Waals surface area contributed by atoms with Gasteiger partial charge in [-0.05, 0) is 72.2 Å². The highest BCUT2D eigenvalue weighted by Crippen LogP contribution is 2.31. The number of halogens is 2. The van der Waals surface area contributed by atoms with Crippen LogP contribution in [0, 0.1) is 6.92 Å². The Kier molecular flexibility index (Phi) is 7.55. The number of para-hydroxylation sites is 1. The molecule has 2 N–H and O–H groups in total. The highest BCUT2D eigenvalue weighted by Gasteiger charge is 2.22. The van der Waals surface area contributed by atoms with Crippen LogP contribution in [0.1, 0.15) is 22.3 Å². The van der Waals surface area contributed by atoms with Crippen LogP contribution in [0.4, 0.5) is 17.3 Å². The van der Waals surface area contributed by atoms with Gasteiger partial charge in [0.25, 0.3) is 5.91 Å². The summed E-state index contributed by atoms with van der Waals surface area (Å²) in [5.74, 6) is 0.868. The number of benzene rings is 2. The normalized spacial score (nSPS) is 15.7. The van der Waals surface area contributed by atoms with E-state index in [1.807, 2.05) is 25.1 Å². The van der Waals surface area contributed by atoms with Crippen molar-refractivity contribution in [3.8, 4) is 11.6 Å². The van der Waals surface area contributed by atoms with Crippen LogP contribution in [0.3, 0.4) is 0 Å². The molecule has 1 unspecified atom stereocenters. The first-order valence-electron chi connectivity index (χ1n) is 10.7. The molecule has 0 radical (unpaired) electrons. The molecular formula is C24H25BrClN5O3. The van der Waals surface area contributed by atoms with Crippen molar-refractivity contribution in [3.05, 3.63) is 63.2 Å². The van der Waals surface area contributed by atoms with Crippen molar-refractivity contribution in [3.63, 3.8) is 0 Å². The number of nitrogens with zero attached hydrogens (tertiary/aromatic N) is 3. The van der Waals surface area contributed by atoms with Gasteiger partial charge in [-0.1, -0.05) is 17.7 Å². The number of ether oxygens (including phenoxy) is 2. The number of aryl methyl sites for hydroxylation is 1. The van der Waals surface area contributed by atoms with Crippen LogP contribution in [0.25, 0.3) is 0 Å². The van der Waals surface area contributed by atoms with E-state index in [1.165, 1.54) is 13.3 Å². The van der Waals surface area contributed by atoms with Gasteiger partial charge in [0.2, 0.25) is 11.8 Å². The molecule has 34 heavy (non-hydrogen) atoms. The molecule has 1 aliphatic heterocycles. The molecule has 0 aliphatic carbocycles. The fourth-order valence-electron chi connectivity index (χ4n) is 3.69. The maximum Gasteiger partial charge on any atom is 0.262 e. The average molecular weight is 547 g/mol. The third-order valence-electron chi connectivity index (χ3n) is 5.47. The lowest BCUT2D eigenvalue weighted by atomic mass is 10.2. The van der Waals surface area contributed by atoms with E-state index < -0.39 is 5.91 Å². The highest BCUT2D eigenvalue weighted by molar-refractivity contribution is 9.10. The number of hydrogen-bond donors (Lipinski definition) is 2. The van der Waals surface area contributed by atoms with Crippen molar-refractivity contribution in [2.24, 2.45) is 0 Å². The molecule has 2 heterocycles. The summed E-state index contributed by atoms with van der Waals surface area (Å²) in [6, 6.07) is 11.1. The van der Waals surface area contributed by atoms with Crippen molar-refractivity contribution in [1.82, 2.24) is 14.9 Å². The number of anilines is 3. The van der Waals surface area contributed by atoms with E-state index in [0.717, 1.165) is 36.5 Å². The van der Waals surface area contributed by atoms with Gasteiger partial charge in [0.05, 0.1) is 17.8 Å². The minimum absolute atomic E-state index is 0.139. The zero-order valence-corrected chi connectivity index (χ0v) is 21.4. The quantitative estimate of drug-likeness (QED) is 0.416. The maximum atomic E-state index is 12.8. The Morgan fingerprint density at radius 3 is 2.79 bits per heavy atom. The number of amides is 1. The summed E-state index contributed by atoms with van der Waals surface area (Å²) < 4.78 is 12.2. The molecule has 2 aromatic carbocycles. The third-order valence-corrected chi connectivity index (χ3v) is 6.44. The van der Waals surface area contributed by atoms with E-state index in [1.54, 1.807) is 18.2 Å². The number of nitrogens with one attached hydrogen (secondary N) is 2. The predicted octanol–water partition coefficient (Wildman–Crippen LogP) is 5.29. The van der Waals surface area contributed by atoms with E-state index in [-0.39, 0.29) is 17.5 Å². The first-order chi connectivity index (χ1) is 16.3. The van der Waals surface area contributed by atoms with Crippen LogP contribution in [0.15, 0.2) is 47.1 Å². The standard InChI is InChI=1S/C24H25BrClN5O3/c1-14-11-15(7-8-20(14)34-16-9-10-31(2)13-16)28-24-27-12-17(23(30-24)33-3)22(32)29-21-18(25)5-4-6-19(21)26/h4-8,11-12,16H,9-10,13H2,1-3H3,(H,29,32)(H,27,28,30). The number of carbonyl (C=O) groups is 1. The van der Waals surface area contributed by atoms with E-state index in [4.69, 9.17) is 21.1 Å². The minimum Gasteiger partial charge on any atom is -0.489 e. The Balaban J connectivity index is 1.47. The van der Waals surface area contributed by atoms with Gasteiger partial charge in [-0.25, -0.2) is 4.98 Å². The molecule has 178 valence electrons. The zero-order chi connectivity index (χ0) is 24.2. The van der Waals surface area contributed by atoms with Crippen LogP contribution in [0.5, 0.6) is 11.6 Å². The second kappa shape index (κ2) is 10.6. The van der Waals surface area contributed by atoms with Crippen LogP contribution >= 0.6 is 27.5 Å². The van der Waals surface area contributed by atoms with Gasteiger partial charge in [0.15, 0.2) is 0 Å². The fourth-order valence-corrected chi connectivity index (χ4v) is 4.50. The van der Waals surface area contributed by atoms with Crippen molar-refractivity contribution < 1.29 is 14.3 Å². The molecule has 1 amide bonds. The number of likely N-dealkylation sites (tertiary alicyclic amines) is 1. The molecule has 4 rings (SSSR count). The second-order valence-electron chi connectivity index (χ2n) is 8.06. The topological polar surface area (TPSA) is 88.6 Å². The summed E-state index contributed by atoms with van der Waals surface area (Å²) >= 11 is 9.59. The van der Waals surface area contributed by atoms with Crippen LogP contribution in [-0.2, 0) is 0 Å². The lowest BCUT2D eigenvalue weighted by Crippen LogP contribution is -2.21. The third kappa shape index (κ3) is 5.60. The Morgan fingerprint density at radius 1 is 1.29 bits per heavy atom. The molecule has 10 heteroatoms. The van der Waals surface area contributed by atoms with E-state index in [0.29, 0.717) is 21.1 Å². The minimum atomic E-state index is -0.438. The van der Waals surface area contributed by atoms with E-state index in [9.17, 15) is 4.79 Å². The Morgan fingerprint density at radius 2 is 2.12 bits per heavy atom. The number of methoxy groups -OCH3 is 1. The van der Waals surface area contributed by atoms with Gasteiger partial charge >= 0.3 is 0 Å². The van der Waals surface area contributed by atoms with E-state index >= 15 is 0 Å². The fraction of sp³-hybridized carbons (Fsp3) is 0.292. The van der Waals surface area contributed by atoms with Crippen molar-refractivity contribution in [2.75, 3.05) is 37.9 Å². The number of likely N-dealkylation sites (N-methyl/N-ethyl adjacent to an activating group) is 1. The number of hydrogen-bond acceptors (Lipinski definition) is 7. The summed E-state index contributed by atoms with van der Waals surface area (Å²) in [5, 5.41) is 6.33. The van der Waals surface area contributed by atoms with Gasteiger partial charge in [-0.3, -0.25) is 4.79 Å². The summed E-state index contributed by atoms with van der Waals surface area (Å²) in [5.41, 5.74) is 2.45. The molecule has 1 aliphatic rings. The predicted molar refractivity (Wildman–Crippen MR) is 137 cm³/mol. The largest absolute Gasteiger partial charge is 0.489 e. The highest BCUT2D eigenvalue weighted by atomic mass is 79.9. The number of carbonyl (C=O) groups excluding carboxylic acids is 1. The van der Waals surface area contributed by atoms with Gasteiger partial charge in [-0.2, -0.15) is 4.98 Å². The molecule has 0 spiro atoms. The molecular weight excluding hydrogens is 522 g/mol. The van der Waals surface area contributed by atoms with Gasteiger partial charge in [0, 0.05) is 29.4 Å². The number of rotatable bonds is 7. The Hall–Kier alpha value is -2.88. The average Bonchev–Trinajstić information content (AvgIpc) is 3.22. The Labute approximate surface area is 211 Å². The lowest BCUT2D eigenvalue weighted by molar-refractivity contribution is 0.102. The lowest BCUT2D eigenvalue weighted by Gasteiger charge is -2.16. The zero-order valence-electron chi connectivity index (χ0n) is 19.1. The van der Waals surface area contributed by atoms with Gasteiger partial charge < -0.3 is 25.0 Å². The molecule has 1 saturated heterocycles. The van der Waals surface area contributed by atoms with Crippen LogP contribution < -0.4 is 20.1 Å². The first kappa shape index (κ1) is 24.3. The summed E-state index contributed by atoms with van der Waals surface area (Å²) in [7, 11) is 3.55. The monoisotopic (exact) mass is 545 g/mol. The number of aromatic nitrogens is 2. The summed E-state index contributed by atoms with van der Waals surface area (Å²) in [4.78, 5) is 23.7. The van der Waals surface area contributed by atoms with Crippen LogP contribution in [0.2, 0.25) is 5.02 Å². The van der Waals surface area contributed by atoms with Crippen molar-refractivity contribution >= 4 is 50.8 Å².